The number of benzene rings is 1. The van der Waals surface area contributed by atoms with E-state index in [-0.39, 0.29) is 18.1 Å². The van der Waals surface area contributed by atoms with Crippen LogP contribution in [-0.2, 0) is 6.61 Å². The van der Waals surface area contributed by atoms with Gasteiger partial charge in [-0.3, -0.25) is 0 Å². The minimum atomic E-state index is -0.264. The Kier molecular flexibility index (Phi) is 2.01. The molecule has 0 unspecified atom stereocenters. The fourth-order valence-corrected chi connectivity index (χ4v) is 0.850. The SMILES string of the molecule is Cc1ccc(CO)c(O)c1O. The Bertz CT molecular complexity index is 268. The summed E-state index contributed by atoms with van der Waals surface area (Å²) < 4.78 is 0. The molecule has 60 valence electrons. The van der Waals surface area contributed by atoms with Crippen molar-refractivity contribution >= 4 is 0 Å². The Morgan fingerprint density at radius 2 is 1.82 bits per heavy atom. The van der Waals surface area contributed by atoms with Gasteiger partial charge >= 0.3 is 0 Å². The molecule has 0 atom stereocenters. The zero-order chi connectivity index (χ0) is 8.43. The number of hydrogen-bond donors (Lipinski definition) is 3. The van der Waals surface area contributed by atoms with Gasteiger partial charge in [0.25, 0.3) is 0 Å². The second-order valence-electron chi connectivity index (χ2n) is 2.40. The number of aromatic hydroxyl groups is 2. The number of phenolic OH excluding ortho intramolecular Hbond substituents is 1. The molecule has 1 aromatic rings. The molecule has 3 N–H and O–H groups in total. The summed E-state index contributed by atoms with van der Waals surface area (Å²) in [6, 6.07) is 3.21. The van der Waals surface area contributed by atoms with Gasteiger partial charge in [0.05, 0.1) is 6.61 Å². The molecule has 0 aliphatic rings. The summed E-state index contributed by atoms with van der Waals surface area (Å²) in [6.45, 7) is 1.41. The second-order valence-corrected chi connectivity index (χ2v) is 2.40. The standard InChI is InChI=1S/C8H10O3/c1-5-2-3-6(4-9)8(11)7(5)10/h2-3,9-11H,4H2,1H3. The van der Waals surface area contributed by atoms with Crippen LogP contribution >= 0.6 is 0 Å². The number of rotatable bonds is 1. The van der Waals surface area contributed by atoms with E-state index >= 15 is 0 Å². The van der Waals surface area contributed by atoms with Gasteiger partial charge in [0.15, 0.2) is 11.5 Å². The van der Waals surface area contributed by atoms with Crippen molar-refractivity contribution in [1.29, 1.82) is 0 Å². The molecule has 0 saturated carbocycles. The molecule has 0 aliphatic carbocycles. The smallest absolute Gasteiger partial charge is 0.163 e. The molecule has 0 spiro atoms. The summed E-state index contributed by atoms with van der Waals surface area (Å²) >= 11 is 0. The fraction of sp³-hybridized carbons (Fsp3) is 0.250. The second kappa shape index (κ2) is 2.80. The molecule has 0 radical (unpaired) electrons. The van der Waals surface area contributed by atoms with Gasteiger partial charge < -0.3 is 15.3 Å². The first-order valence-corrected chi connectivity index (χ1v) is 3.28. The normalized spacial score (nSPS) is 10.0. The third-order valence-corrected chi connectivity index (χ3v) is 1.61. The van der Waals surface area contributed by atoms with Crippen LogP contribution in [-0.4, -0.2) is 15.3 Å². The lowest BCUT2D eigenvalue weighted by Gasteiger charge is -2.04. The van der Waals surface area contributed by atoms with Crippen molar-refractivity contribution in [3.63, 3.8) is 0 Å². The Hall–Kier alpha value is -1.22. The topological polar surface area (TPSA) is 60.7 Å². The summed E-state index contributed by atoms with van der Waals surface area (Å²) in [5, 5.41) is 27.0. The highest BCUT2D eigenvalue weighted by Crippen LogP contribution is 2.31. The summed E-state index contributed by atoms with van der Waals surface area (Å²) in [6.07, 6.45) is 0. The lowest BCUT2D eigenvalue weighted by atomic mass is 10.1. The highest BCUT2D eigenvalue weighted by molar-refractivity contribution is 5.48. The summed E-state index contributed by atoms with van der Waals surface area (Å²) in [5.41, 5.74) is 0.938. The van der Waals surface area contributed by atoms with E-state index < -0.39 is 0 Å². The largest absolute Gasteiger partial charge is 0.504 e. The lowest BCUT2D eigenvalue weighted by Crippen LogP contribution is -1.85. The van der Waals surface area contributed by atoms with Crippen LogP contribution in [0.4, 0.5) is 0 Å². The van der Waals surface area contributed by atoms with E-state index in [0.717, 1.165) is 0 Å². The first kappa shape index (κ1) is 7.88. The van der Waals surface area contributed by atoms with Crippen molar-refractivity contribution in [2.24, 2.45) is 0 Å². The van der Waals surface area contributed by atoms with Gasteiger partial charge in [-0.2, -0.15) is 0 Å². The predicted molar refractivity (Wildman–Crippen MR) is 40.4 cm³/mol. The van der Waals surface area contributed by atoms with Gasteiger partial charge in [0.1, 0.15) is 0 Å². The number of aliphatic hydroxyl groups excluding tert-OH is 1. The van der Waals surface area contributed by atoms with Crippen molar-refractivity contribution in [2.75, 3.05) is 0 Å². The Morgan fingerprint density at radius 3 is 2.36 bits per heavy atom. The van der Waals surface area contributed by atoms with Gasteiger partial charge in [-0.05, 0) is 12.5 Å². The minimum absolute atomic E-state index is 0.156. The first-order valence-electron chi connectivity index (χ1n) is 3.28. The van der Waals surface area contributed by atoms with E-state index in [1.54, 1.807) is 19.1 Å². The van der Waals surface area contributed by atoms with E-state index in [9.17, 15) is 0 Å². The molecule has 0 fully saturated rings. The van der Waals surface area contributed by atoms with Crippen molar-refractivity contribution in [3.05, 3.63) is 23.3 Å². The lowest BCUT2D eigenvalue weighted by molar-refractivity contribution is 0.273. The molecule has 0 saturated heterocycles. The monoisotopic (exact) mass is 154 g/mol. The maximum Gasteiger partial charge on any atom is 0.163 e. The van der Waals surface area contributed by atoms with Crippen molar-refractivity contribution in [2.45, 2.75) is 13.5 Å². The Balaban J connectivity index is 3.25. The number of hydrogen-bond acceptors (Lipinski definition) is 3. The quantitative estimate of drug-likeness (QED) is 0.526. The number of phenols is 2. The van der Waals surface area contributed by atoms with E-state index in [2.05, 4.69) is 0 Å². The van der Waals surface area contributed by atoms with E-state index in [1.165, 1.54) is 0 Å². The minimum Gasteiger partial charge on any atom is -0.504 e. The summed E-state index contributed by atoms with van der Waals surface area (Å²) in [4.78, 5) is 0. The van der Waals surface area contributed by atoms with Gasteiger partial charge in [0, 0.05) is 5.56 Å². The van der Waals surface area contributed by atoms with Gasteiger partial charge in [-0.1, -0.05) is 12.1 Å². The molecule has 0 heterocycles. The molecular weight excluding hydrogens is 144 g/mol. The number of aliphatic hydroxyl groups is 1. The van der Waals surface area contributed by atoms with Crippen LogP contribution in [0.5, 0.6) is 11.5 Å². The van der Waals surface area contributed by atoms with Crippen molar-refractivity contribution in [1.82, 2.24) is 0 Å². The maximum atomic E-state index is 9.17. The van der Waals surface area contributed by atoms with Crippen LogP contribution in [0.15, 0.2) is 12.1 Å². The van der Waals surface area contributed by atoms with Crippen LogP contribution in [0.3, 0.4) is 0 Å². The molecule has 0 aromatic heterocycles. The summed E-state index contributed by atoms with van der Waals surface area (Å²) in [5.74, 6) is -0.385. The van der Waals surface area contributed by atoms with Gasteiger partial charge in [-0.25, -0.2) is 0 Å². The van der Waals surface area contributed by atoms with E-state index in [0.29, 0.717) is 11.1 Å². The fourth-order valence-electron chi connectivity index (χ4n) is 0.850. The Morgan fingerprint density at radius 1 is 1.18 bits per heavy atom. The highest BCUT2D eigenvalue weighted by atomic mass is 16.3. The molecule has 3 heteroatoms. The Labute approximate surface area is 64.5 Å². The molecule has 11 heavy (non-hydrogen) atoms. The summed E-state index contributed by atoms with van der Waals surface area (Å²) in [7, 11) is 0. The van der Waals surface area contributed by atoms with Crippen LogP contribution in [0.1, 0.15) is 11.1 Å². The van der Waals surface area contributed by atoms with Crippen LogP contribution in [0.2, 0.25) is 0 Å². The third kappa shape index (κ3) is 1.28. The maximum absolute atomic E-state index is 9.17. The average Bonchev–Trinajstić information content (AvgIpc) is 2.01. The van der Waals surface area contributed by atoms with Crippen LogP contribution in [0.25, 0.3) is 0 Å². The molecule has 3 nitrogen and oxygen atoms in total. The molecule has 0 bridgehead atoms. The first-order chi connectivity index (χ1) is 5.16. The van der Waals surface area contributed by atoms with E-state index in [4.69, 9.17) is 15.3 Å². The zero-order valence-electron chi connectivity index (χ0n) is 6.20. The molecule has 1 aromatic carbocycles. The molecular formula is C8H10O3. The van der Waals surface area contributed by atoms with Crippen LogP contribution < -0.4 is 0 Å². The van der Waals surface area contributed by atoms with Gasteiger partial charge in [0.2, 0.25) is 0 Å². The van der Waals surface area contributed by atoms with Crippen molar-refractivity contribution in [3.8, 4) is 11.5 Å². The van der Waals surface area contributed by atoms with Crippen LogP contribution in [0, 0.1) is 6.92 Å². The van der Waals surface area contributed by atoms with Crippen molar-refractivity contribution < 1.29 is 15.3 Å². The third-order valence-electron chi connectivity index (χ3n) is 1.61. The zero-order valence-corrected chi connectivity index (χ0v) is 6.20. The van der Waals surface area contributed by atoms with Gasteiger partial charge in [-0.15, -0.1) is 0 Å². The predicted octanol–water partition coefficient (Wildman–Crippen LogP) is 0.899. The molecule has 0 amide bonds. The molecule has 1 rings (SSSR count). The average molecular weight is 154 g/mol. The van der Waals surface area contributed by atoms with E-state index in [1.807, 2.05) is 0 Å². The molecule has 0 aliphatic heterocycles. The highest BCUT2D eigenvalue weighted by Gasteiger charge is 2.06. The number of aryl methyl sites for hydroxylation is 1.